The monoisotopic (exact) mass is 539 g/mol. The molecule has 1 fully saturated rings. The van der Waals surface area contributed by atoms with Crippen molar-refractivity contribution >= 4 is 53.5 Å². The summed E-state index contributed by atoms with van der Waals surface area (Å²) in [6.07, 6.45) is 3.54. The van der Waals surface area contributed by atoms with Gasteiger partial charge in [-0.05, 0) is 49.8 Å². The summed E-state index contributed by atoms with van der Waals surface area (Å²) in [5.74, 6) is -4.60. The minimum absolute atomic E-state index is 0.0749. The first-order valence-electron chi connectivity index (χ1n) is 11.1. The summed E-state index contributed by atoms with van der Waals surface area (Å²) >= 11 is 6.96. The number of halogens is 4. The maximum atomic E-state index is 14.2. The van der Waals surface area contributed by atoms with Gasteiger partial charge in [-0.25, -0.2) is 18.2 Å². The van der Waals surface area contributed by atoms with Gasteiger partial charge in [0, 0.05) is 37.0 Å². The van der Waals surface area contributed by atoms with E-state index in [2.05, 4.69) is 27.0 Å². The average Bonchev–Trinajstić information content (AvgIpc) is 3.38. The summed E-state index contributed by atoms with van der Waals surface area (Å²) in [6.45, 7) is 4.82. The lowest BCUT2D eigenvalue weighted by Crippen LogP contribution is -2.54. The van der Waals surface area contributed by atoms with Crippen LogP contribution in [0.2, 0.25) is 0 Å². The highest BCUT2D eigenvalue weighted by atomic mass is 35.5. The number of alkyl halides is 4. The molecular weight excluding hydrogens is 515 g/mol. The molecule has 2 aromatic rings. The van der Waals surface area contributed by atoms with Crippen LogP contribution in [-0.4, -0.2) is 53.5 Å². The molecule has 192 valence electrons. The fraction of sp³-hybridized carbons (Fsp3) is 0.375. The van der Waals surface area contributed by atoms with Crippen molar-refractivity contribution < 1.29 is 22.8 Å². The second kappa shape index (κ2) is 12.3. The molecule has 0 unspecified atom stereocenters. The number of amides is 2. The Morgan fingerprint density at radius 1 is 1.31 bits per heavy atom. The summed E-state index contributed by atoms with van der Waals surface area (Å²) in [7, 11) is 0. The molecule has 0 bridgehead atoms. The quantitative estimate of drug-likeness (QED) is 0.264. The van der Waals surface area contributed by atoms with E-state index in [1.165, 1.54) is 24.5 Å². The zero-order valence-electron chi connectivity index (χ0n) is 19.4. The van der Waals surface area contributed by atoms with Crippen LogP contribution in [0.4, 0.5) is 18.9 Å². The first-order valence-corrected chi connectivity index (χ1v) is 12.4. The Kier molecular flexibility index (Phi) is 9.38. The van der Waals surface area contributed by atoms with Crippen molar-refractivity contribution in [1.82, 2.24) is 10.3 Å². The fourth-order valence-corrected chi connectivity index (χ4v) is 4.65. The first-order chi connectivity index (χ1) is 17.1. The number of aliphatic imine (C=N–C) groups is 2. The summed E-state index contributed by atoms with van der Waals surface area (Å²) in [4.78, 5) is 39.7. The van der Waals surface area contributed by atoms with Crippen LogP contribution in [0.5, 0.6) is 0 Å². The highest BCUT2D eigenvalue weighted by Crippen LogP contribution is 2.34. The third-order valence-corrected chi connectivity index (χ3v) is 6.72. The minimum atomic E-state index is -2.77. The number of nitrogens with zero attached hydrogens (tertiary/aromatic N) is 4. The number of rotatable bonds is 9. The molecule has 0 radical (unpaired) electrons. The van der Waals surface area contributed by atoms with Gasteiger partial charge in [0.25, 0.3) is 11.5 Å². The van der Waals surface area contributed by atoms with Gasteiger partial charge < -0.3 is 5.32 Å². The van der Waals surface area contributed by atoms with Crippen LogP contribution in [0.1, 0.15) is 32.6 Å². The number of carbonyl (C=O) groups excluding carboxylic acids is 2. The molecule has 3 rings (SSSR count). The number of nitrogens with one attached hydrogen (secondary N) is 1. The van der Waals surface area contributed by atoms with Crippen LogP contribution in [0.25, 0.3) is 10.4 Å². The molecule has 0 spiro atoms. The van der Waals surface area contributed by atoms with Crippen molar-refractivity contribution in [1.29, 1.82) is 0 Å². The summed E-state index contributed by atoms with van der Waals surface area (Å²) in [5, 5.41) is 2.74. The molecule has 1 N–H and O–H groups in total. The van der Waals surface area contributed by atoms with Gasteiger partial charge in [0.15, 0.2) is 0 Å². The summed E-state index contributed by atoms with van der Waals surface area (Å²) < 4.78 is 41.3. The van der Waals surface area contributed by atoms with E-state index in [-0.39, 0.29) is 36.9 Å². The molecule has 0 aliphatic heterocycles. The number of hydrogen-bond acceptors (Lipinski definition) is 5. The fourth-order valence-electron chi connectivity index (χ4n) is 3.91. The molecule has 1 saturated carbocycles. The molecule has 7 nitrogen and oxygen atoms in total. The molecule has 1 aliphatic rings. The third kappa shape index (κ3) is 7.01. The van der Waals surface area contributed by atoms with E-state index in [4.69, 9.17) is 11.6 Å². The van der Waals surface area contributed by atoms with Crippen LogP contribution in [0, 0.1) is 0 Å². The maximum absolute atomic E-state index is 14.2. The lowest BCUT2D eigenvalue weighted by molar-refractivity contribution is -0.127. The highest BCUT2D eigenvalue weighted by molar-refractivity contribution is 7.13. The van der Waals surface area contributed by atoms with Crippen LogP contribution >= 0.6 is 22.9 Å². The van der Waals surface area contributed by atoms with E-state index in [1.54, 1.807) is 36.0 Å². The lowest BCUT2D eigenvalue weighted by Gasteiger charge is -2.34. The van der Waals surface area contributed by atoms with E-state index in [0.717, 1.165) is 21.7 Å². The zero-order chi connectivity index (χ0) is 26.3. The number of hydrogen-bond donors (Lipinski definition) is 1. The standard InChI is InChI=1S/C24H25ClF3N5O2S/c1-15(11-30-13-29-2)20(22(34)32-17-7-9-24(27,28)10-8-17)33(23(35)21(25)26)18-5-3-16(4-6-18)19-12-31-14-36-19/h3-6,11-14,17,20-21H,2,7-10H2,1H3,(H,32,34)/b15-11+,30-13-/t20-,21-/m0/s1. The number of carbonyl (C=O) groups is 2. The van der Waals surface area contributed by atoms with Crippen LogP contribution in [0.15, 0.2) is 57.7 Å². The SMILES string of the molecule is C=N/C=N\C=C(/C)[C@@H](C(=O)NC1CCC(F)(F)CC1)N(C(=O)[C@H](F)Cl)c1ccc(-c2cncs2)cc1. The van der Waals surface area contributed by atoms with Gasteiger partial charge >= 0.3 is 0 Å². The Morgan fingerprint density at radius 3 is 2.53 bits per heavy atom. The molecule has 1 heterocycles. The molecular formula is C24H25ClF3N5O2S. The third-order valence-electron chi connectivity index (χ3n) is 5.71. The van der Waals surface area contributed by atoms with Crippen LogP contribution in [-0.2, 0) is 9.59 Å². The van der Waals surface area contributed by atoms with Crippen molar-refractivity contribution in [3.8, 4) is 10.4 Å². The second-order valence-electron chi connectivity index (χ2n) is 8.28. The number of aromatic nitrogens is 1. The molecule has 0 saturated heterocycles. The molecule has 2 atom stereocenters. The lowest BCUT2D eigenvalue weighted by atomic mass is 9.91. The number of anilines is 1. The predicted molar refractivity (Wildman–Crippen MR) is 137 cm³/mol. The minimum Gasteiger partial charge on any atom is -0.351 e. The van der Waals surface area contributed by atoms with E-state index in [9.17, 15) is 22.8 Å². The van der Waals surface area contributed by atoms with Crippen molar-refractivity contribution in [3.63, 3.8) is 0 Å². The van der Waals surface area contributed by atoms with Gasteiger partial charge in [0.1, 0.15) is 12.4 Å². The zero-order valence-corrected chi connectivity index (χ0v) is 21.0. The van der Waals surface area contributed by atoms with Gasteiger partial charge in [0.2, 0.25) is 11.8 Å². The smallest absolute Gasteiger partial charge is 0.278 e. The van der Waals surface area contributed by atoms with E-state index >= 15 is 0 Å². The average molecular weight is 540 g/mol. The Labute approximate surface area is 215 Å². The topological polar surface area (TPSA) is 87.0 Å². The van der Waals surface area contributed by atoms with Crippen molar-refractivity contribution in [2.24, 2.45) is 9.98 Å². The Morgan fingerprint density at radius 2 is 1.97 bits per heavy atom. The van der Waals surface area contributed by atoms with Gasteiger partial charge in [-0.1, -0.05) is 23.7 Å². The van der Waals surface area contributed by atoms with Crippen molar-refractivity contribution in [2.45, 2.75) is 56.2 Å². The largest absolute Gasteiger partial charge is 0.351 e. The summed E-state index contributed by atoms with van der Waals surface area (Å²) in [6, 6.07) is 4.68. The van der Waals surface area contributed by atoms with E-state index < -0.39 is 35.5 Å². The maximum Gasteiger partial charge on any atom is 0.278 e. The van der Waals surface area contributed by atoms with Crippen LogP contribution < -0.4 is 10.2 Å². The van der Waals surface area contributed by atoms with E-state index in [1.807, 2.05) is 0 Å². The Hall–Kier alpha value is -3.05. The Bertz CT molecular complexity index is 1110. The molecule has 1 aromatic heterocycles. The first kappa shape index (κ1) is 27.5. The van der Waals surface area contributed by atoms with Crippen molar-refractivity contribution in [3.05, 3.63) is 47.7 Å². The molecule has 36 heavy (non-hydrogen) atoms. The number of benzene rings is 1. The van der Waals surface area contributed by atoms with Crippen molar-refractivity contribution in [2.75, 3.05) is 4.90 Å². The predicted octanol–water partition coefficient (Wildman–Crippen LogP) is 5.37. The van der Waals surface area contributed by atoms with Gasteiger partial charge in [-0.15, -0.1) is 11.3 Å². The van der Waals surface area contributed by atoms with Gasteiger partial charge in [-0.2, -0.15) is 0 Å². The highest BCUT2D eigenvalue weighted by Gasteiger charge is 2.39. The second-order valence-corrected chi connectivity index (χ2v) is 9.55. The summed E-state index contributed by atoms with van der Waals surface area (Å²) in [5.41, 5.74) is 0.542. The Balaban J connectivity index is 1.98. The normalized spacial score (nSPS) is 18.0. The number of thiazole rings is 1. The molecule has 12 heteroatoms. The van der Waals surface area contributed by atoms with E-state index in [0.29, 0.717) is 0 Å². The van der Waals surface area contributed by atoms with Gasteiger partial charge in [0.05, 0.1) is 10.4 Å². The van der Waals surface area contributed by atoms with Gasteiger partial charge in [-0.3, -0.25) is 24.5 Å². The van der Waals surface area contributed by atoms with Crippen LogP contribution in [0.3, 0.4) is 0 Å². The molecule has 1 aromatic carbocycles. The molecule has 2 amide bonds. The molecule has 1 aliphatic carbocycles.